The number of alkyl halides is 4. The van der Waals surface area contributed by atoms with Gasteiger partial charge in [-0.15, -0.1) is 11.6 Å². The summed E-state index contributed by atoms with van der Waals surface area (Å²) >= 11 is 5.61. The normalized spacial score (nSPS) is 11.6. The first kappa shape index (κ1) is 15.2. The van der Waals surface area contributed by atoms with E-state index in [-0.39, 0.29) is 6.42 Å². The van der Waals surface area contributed by atoms with Crippen molar-refractivity contribution in [3.05, 3.63) is 29.8 Å². The van der Waals surface area contributed by atoms with Crippen LogP contribution in [0.5, 0.6) is 0 Å². The molecule has 1 N–H and O–H groups in total. The second-order valence-corrected chi connectivity index (χ2v) is 4.52. The maximum absolute atomic E-state index is 11.9. The van der Waals surface area contributed by atoms with Crippen LogP contribution in [-0.2, 0) is 6.42 Å². The Morgan fingerprint density at radius 1 is 1.17 bits per heavy atom. The number of benzene rings is 1. The summed E-state index contributed by atoms with van der Waals surface area (Å²) in [5, 5.41) is 3.00. The van der Waals surface area contributed by atoms with Crippen LogP contribution in [0.15, 0.2) is 24.3 Å². The third-order valence-electron chi connectivity index (χ3n) is 2.49. The number of aryl methyl sites for hydroxylation is 1. The van der Waals surface area contributed by atoms with E-state index < -0.39 is 12.6 Å². The molecule has 102 valence electrons. The third-order valence-corrected chi connectivity index (χ3v) is 2.76. The molecule has 0 radical (unpaired) electrons. The molecule has 1 aromatic rings. The summed E-state index contributed by atoms with van der Waals surface area (Å²) in [4.78, 5) is 0. The van der Waals surface area contributed by atoms with E-state index in [4.69, 9.17) is 11.6 Å². The fourth-order valence-corrected chi connectivity index (χ4v) is 1.76. The molecule has 0 heterocycles. The molecule has 0 atom stereocenters. The Balaban J connectivity index is 2.33. The van der Waals surface area contributed by atoms with Crippen LogP contribution in [0.3, 0.4) is 0 Å². The molecule has 0 unspecified atom stereocenters. The predicted molar refractivity (Wildman–Crippen MR) is 69.3 cm³/mol. The maximum Gasteiger partial charge on any atom is 0.389 e. The molecule has 0 bridgehead atoms. The summed E-state index contributed by atoms with van der Waals surface area (Å²) in [6, 6.07) is 7.71. The molecule has 0 spiro atoms. The topological polar surface area (TPSA) is 12.0 Å². The monoisotopic (exact) mass is 279 g/mol. The quantitative estimate of drug-likeness (QED) is 0.568. The van der Waals surface area contributed by atoms with Gasteiger partial charge in [0.15, 0.2) is 0 Å². The highest BCUT2D eigenvalue weighted by molar-refractivity contribution is 6.17. The Bertz CT molecular complexity index is 352. The number of nitrogens with one attached hydrogen (secondary N) is 1. The molecule has 0 fully saturated rings. The van der Waals surface area contributed by atoms with Gasteiger partial charge in [0.2, 0.25) is 0 Å². The predicted octanol–water partition coefficient (Wildman–Crippen LogP) is 4.61. The van der Waals surface area contributed by atoms with E-state index in [1.807, 2.05) is 24.3 Å². The van der Waals surface area contributed by atoms with Crippen LogP contribution in [0.4, 0.5) is 18.9 Å². The number of halogens is 4. The molecule has 0 aliphatic rings. The van der Waals surface area contributed by atoms with Gasteiger partial charge < -0.3 is 5.32 Å². The summed E-state index contributed by atoms with van der Waals surface area (Å²) in [5.41, 5.74) is 2.01. The minimum absolute atomic E-state index is 0.0927. The summed E-state index contributed by atoms with van der Waals surface area (Å²) in [6.07, 6.45) is -2.92. The third kappa shape index (κ3) is 6.74. The van der Waals surface area contributed by atoms with E-state index in [1.54, 1.807) is 0 Å². The average Bonchev–Trinajstić information content (AvgIpc) is 2.31. The average molecular weight is 280 g/mol. The molecule has 1 rings (SSSR count). The summed E-state index contributed by atoms with van der Waals surface area (Å²) < 4.78 is 35.8. The van der Waals surface area contributed by atoms with Crippen molar-refractivity contribution >= 4 is 17.3 Å². The summed E-state index contributed by atoms with van der Waals surface area (Å²) in [6.45, 7) is 0.332. The van der Waals surface area contributed by atoms with Gasteiger partial charge in [-0.25, -0.2) is 0 Å². The van der Waals surface area contributed by atoms with Crippen LogP contribution in [-0.4, -0.2) is 18.6 Å². The Kier molecular flexibility index (Phi) is 6.33. The zero-order valence-electron chi connectivity index (χ0n) is 10.1. The van der Waals surface area contributed by atoms with E-state index in [2.05, 4.69) is 5.32 Å². The molecule has 1 aromatic carbocycles. The first-order valence-corrected chi connectivity index (χ1v) is 6.50. The second kappa shape index (κ2) is 7.52. The highest BCUT2D eigenvalue weighted by atomic mass is 35.5. The second-order valence-electron chi connectivity index (χ2n) is 4.14. The van der Waals surface area contributed by atoms with Crippen LogP contribution in [0.2, 0.25) is 0 Å². The Morgan fingerprint density at radius 3 is 2.61 bits per heavy atom. The van der Waals surface area contributed by atoms with Crippen molar-refractivity contribution in [1.82, 2.24) is 0 Å². The zero-order valence-corrected chi connectivity index (χ0v) is 10.8. The number of hydrogen-bond donors (Lipinski definition) is 1. The van der Waals surface area contributed by atoms with Gasteiger partial charge in [0.05, 0.1) is 0 Å². The lowest BCUT2D eigenvalue weighted by molar-refractivity contribution is -0.134. The van der Waals surface area contributed by atoms with Crippen molar-refractivity contribution in [2.75, 3.05) is 17.7 Å². The van der Waals surface area contributed by atoms with Crippen LogP contribution < -0.4 is 5.32 Å². The smallest absolute Gasteiger partial charge is 0.385 e. The fraction of sp³-hybridized carbons (Fsp3) is 0.538. The van der Waals surface area contributed by atoms with E-state index in [0.717, 1.165) is 24.1 Å². The highest BCUT2D eigenvalue weighted by Crippen LogP contribution is 2.21. The van der Waals surface area contributed by atoms with Crippen LogP contribution in [0, 0.1) is 0 Å². The van der Waals surface area contributed by atoms with Gasteiger partial charge >= 0.3 is 6.18 Å². The van der Waals surface area contributed by atoms with E-state index in [9.17, 15) is 13.2 Å². The van der Waals surface area contributed by atoms with Gasteiger partial charge in [-0.3, -0.25) is 0 Å². The SMILES string of the molecule is FC(F)(F)CCCNc1cccc(CCCCl)c1. The van der Waals surface area contributed by atoms with E-state index in [1.165, 1.54) is 0 Å². The van der Waals surface area contributed by atoms with Crippen molar-refractivity contribution in [3.8, 4) is 0 Å². The van der Waals surface area contributed by atoms with Gasteiger partial charge in [-0.05, 0) is 37.0 Å². The molecule has 0 amide bonds. The lowest BCUT2D eigenvalue weighted by Crippen LogP contribution is -2.11. The molecular weight excluding hydrogens is 263 g/mol. The van der Waals surface area contributed by atoms with Crippen LogP contribution >= 0.6 is 11.6 Å². The fourth-order valence-electron chi connectivity index (χ4n) is 1.63. The van der Waals surface area contributed by atoms with Gasteiger partial charge in [-0.2, -0.15) is 13.2 Å². The highest BCUT2D eigenvalue weighted by Gasteiger charge is 2.25. The van der Waals surface area contributed by atoms with Gasteiger partial charge in [0.1, 0.15) is 0 Å². The minimum atomic E-state index is -4.07. The molecule has 1 nitrogen and oxygen atoms in total. The van der Waals surface area contributed by atoms with Crippen molar-refractivity contribution < 1.29 is 13.2 Å². The standard InChI is InChI=1S/C13H17ClF3N/c14-8-2-5-11-4-1-6-12(10-11)18-9-3-7-13(15,16)17/h1,4,6,10,18H,2-3,5,7-9H2. The summed E-state index contributed by atoms with van der Waals surface area (Å²) in [7, 11) is 0. The Labute approximate surface area is 110 Å². The van der Waals surface area contributed by atoms with E-state index >= 15 is 0 Å². The number of hydrogen-bond acceptors (Lipinski definition) is 1. The van der Waals surface area contributed by atoms with Crippen molar-refractivity contribution in [1.29, 1.82) is 0 Å². The Morgan fingerprint density at radius 2 is 1.94 bits per heavy atom. The van der Waals surface area contributed by atoms with Gasteiger partial charge in [0.25, 0.3) is 0 Å². The number of rotatable bonds is 7. The zero-order chi connectivity index (χ0) is 13.4. The Hall–Kier alpha value is -0.900. The molecule has 0 saturated carbocycles. The van der Waals surface area contributed by atoms with Gasteiger partial charge in [-0.1, -0.05) is 12.1 Å². The molecule has 18 heavy (non-hydrogen) atoms. The molecule has 0 aliphatic heterocycles. The lowest BCUT2D eigenvalue weighted by Gasteiger charge is -2.09. The maximum atomic E-state index is 11.9. The summed E-state index contributed by atoms with van der Waals surface area (Å²) in [5.74, 6) is 0.614. The molecule has 0 aliphatic carbocycles. The van der Waals surface area contributed by atoms with Crippen molar-refractivity contribution in [2.24, 2.45) is 0 Å². The first-order valence-electron chi connectivity index (χ1n) is 5.97. The molecule has 0 saturated heterocycles. The van der Waals surface area contributed by atoms with Crippen LogP contribution in [0.1, 0.15) is 24.8 Å². The van der Waals surface area contributed by atoms with Crippen molar-refractivity contribution in [2.45, 2.75) is 31.9 Å². The molecule has 5 heteroatoms. The minimum Gasteiger partial charge on any atom is -0.385 e. The molecule has 0 aromatic heterocycles. The van der Waals surface area contributed by atoms with E-state index in [0.29, 0.717) is 12.4 Å². The first-order chi connectivity index (χ1) is 8.51. The largest absolute Gasteiger partial charge is 0.389 e. The lowest BCUT2D eigenvalue weighted by atomic mass is 10.1. The van der Waals surface area contributed by atoms with Gasteiger partial charge in [0, 0.05) is 24.5 Å². The van der Waals surface area contributed by atoms with Crippen LogP contribution in [0.25, 0.3) is 0 Å². The molecular formula is C13H17ClF3N. The van der Waals surface area contributed by atoms with Crippen molar-refractivity contribution in [3.63, 3.8) is 0 Å². The number of anilines is 1.